The first-order valence-corrected chi connectivity index (χ1v) is 2.99. The van der Waals surface area contributed by atoms with Crippen molar-refractivity contribution in [1.29, 1.82) is 0 Å². The Labute approximate surface area is 67.5 Å². The van der Waals surface area contributed by atoms with E-state index in [2.05, 4.69) is 11.6 Å². The molecule has 0 N–H and O–H groups in total. The minimum atomic E-state index is -4.19. The van der Waals surface area contributed by atoms with Crippen LogP contribution in [0.1, 0.15) is 6.92 Å². The van der Waals surface area contributed by atoms with E-state index in [9.17, 15) is 22.0 Å². The summed E-state index contributed by atoms with van der Waals surface area (Å²) in [5.41, 5.74) is 0. The molecule has 0 radical (unpaired) electrons. The number of alkyl halides is 7. The molecule has 64 valence electrons. The van der Waals surface area contributed by atoms with Crippen molar-refractivity contribution in [2.45, 2.75) is 17.4 Å². The van der Waals surface area contributed by atoms with E-state index in [-0.39, 0.29) is 0 Å². The molecule has 0 spiro atoms. The average molecular weight is 249 g/mol. The normalized spacial score (nSPS) is 12.0. The van der Waals surface area contributed by atoms with Crippen molar-refractivity contribution in [1.82, 2.24) is 0 Å². The zero-order chi connectivity index (χ0) is 9.00. The van der Waals surface area contributed by atoms with Gasteiger partial charge in [0.25, 0.3) is 0 Å². The summed E-state index contributed by atoms with van der Waals surface area (Å²) in [4.78, 5) is 0. The topological polar surface area (TPSA) is 0 Å². The molecule has 0 nitrogen and oxygen atoms in total. The zero-order valence-electron chi connectivity index (χ0n) is 4.65. The van der Waals surface area contributed by atoms with Crippen LogP contribution in [0.3, 0.4) is 0 Å². The second-order valence-electron chi connectivity index (χ2n) is 1.21. The lowest BCUT2D eigenvalue weighted by molar-refractivity contribution is -0.0245. The molecule has 0 fully saturated rings. The molecule has 0 aliphatic rings. The third-order valence-corrected chi connectivity index (χ3v) is 0. The molecule has 7 heteroatoms. The molecule has 0 unspecified atom stereocenters. The van der Waals surface area contributed by atoms with Gasteiger partial charge in [-0.15, -0.1) is 0 Å². The fraction of sp³-hybridized carbons (Fsp3) is 1.00. The molecule has 0 aliphatic carbocycles. The first-order valence-electron chi connectivity index (χ1n) is 1.82. The van der Waals surface area contributed by atoms with Gasteiger partial charge in [0.1, 0.15) is 0 Å². The maximum atomic E-state index is 10.8. The van der Waals surface area contributed by atoms with Gasteiger partial charge in [-0.1, -0.05) is 0 Å². The minimum Gasteiger partial charge on any atom is -0.189 e. The molecule has 0 rings (SSSR count). The Balaban J connectivity index is 0. The molecule has 0 aromatic rings. The van der Waals surface area contributed by atoms with Gasteiger partial charge in [0.2, 0.25) is 0 Å². The predicted molar refractivity (Wildman–Crippen MR) is 31.5 cm³/mol. The minimum absolute atomic E-state index is 0.620. The summed E-state index contributed by atoms with van der Waals surface area (Å²) in [6.07, 6.45) is 0. The molecule has 0 atom stereocenters. The lowest BCUT2D eigenvalue weighted by atomic mass is 10.9. The fourth-order valence-electron chi connectivity index (χ4n) is 0. The van der Waals surface area contributed by atoms with Gasteiger partial charge in [0.15, 0.2) is 0 Å². The number of hydrogen-bond acceptors (Lipinski definition) is 0. The SMILES string of the molecule is CC(F)(F)Cl.FC(F)(F)Br. The first kappa shape index (κ1) is 13.0. The summed E-state index contributed by atoms with van der Waals surface area (Å²) in [6, 6.07) is 0. The summed E-state index contributed by atoms with van der Waals surface area (Å²) >= 11 is 5.57. The van der Waals surface area contributed by atoms with Crippen LogP contribution in [-0.2, 0) is 0 Å². The lowest BCUT2D eigenvalue weighted by Crippen LogP contribution is -1.92. The standard InChI is InChI=1S/C2H3ClF2.CBrF3/c1-2(3,4)5;2-1(3,4)5/h1H3;. The Morgan fingerprint density at radius 1 is 1.10 bits per heavy atom. The van der Waals surface area contributed by atoms with E-state index in [1.165, 1.54) is 15.9 Å². The van der Waals surface area contributed by atoms with Crippen LogP contribution in [-0.4, -0.2) is 10.5 Å². The van der Waals surface area contributed by atoms with Gasteiger partial charge < -0.3 is 0 Å². The van der Waals surface area contributed by atoms with Crippen molar-refractivity contribution < 1.29 is 22.0 Å². The Bertz CT molecular complexity index is 59.9. The van der Waals surface area contributed by atoms with E-state index in [1.807, 2.05) is 0 Å². The van der Waals surface area contributed by atoms with Crippen LogP contribution >= 0.6 is 27.5 Å². The van der Waals surface area contributed by atoms with Crippen molar-refractivity contribution in [3.63, 3.8) is 0 Å². The molecule has 10 heavy (non-hydrogen) atoms. The van der Waals surface area contributed by atoms with E-state index >= 15 is 0 Å². The van der Waals surface area contributed by atoms with Crippen LogP contribution < -0.4 is 0 Å². The molecule has 0 aromatic carbocycles. The number of hydrogen-bond donors (Lipinski definition) is 0. The quantitative estimate of drug-likeness (QED) is 0.453. The smallest absolute Gasteiger partial charge is 0.189 e. The first-order chi connectivity index (χ1) is 4.00. The Hall–Kier alpha value is 0.420. The van der Waals surface area contributed by atoms with Gasteiger partial charge in [-0.05, 0) is 11.6 Å². The highest BCUT2D eigenvalue weighted by molar-refractivity contribution is 9.09. The average Bonchev–Trinajstić information content (AvgIpc) is 1.12. The predicted octanol–water partition coefficient (Wildman–Crippen LogP) is 3.74. The van der Waals surface area contributed by atoms with Gasteiger partial charge in [-0.3, -0.25) is 0 Å². The molecular formula is C3H3BrClF5. The van der Waals surface area contributed by atoms with Crippen LogP contribution in [0.25, 0.3) is 0 Å². The van der Waals surface area contributed by atoms with Crippen molar-refractivity contribution in [3.05, 3.63) is 0 Å². The van der Waals surface area contributed by atoms with Crippen molar-refractivity contribution in [2.24, 2.45) is 0 Å². The molecule has 0 heterocycles. The van der Waals surface area contributed by atoms with E-state index < -0.39 is 10.5 Å². The van der Waals surface area contributed by atoms with Crippen molar-refractivity contribution in [3.8, 4) is 0 Å². The third kappa shape index (κ3) is 2630. The zero-order valence-corrected chi connectivity index (χ0v) is 6.99. The summed E-state index contributed by atoms with van der Waals surface area (Å²) < 4.78 is 52.4. The highest BCUT2D eigenvalue weighted by Crippen LogP contribution is 2.21. The molecule has 0 saturated heterocycles. The van der Waals surface area contributed by atoms with E-state index in [0.29, 0.717) is 6.92 Å². The summed E-state index contributed by atoms with van der Waals surface area (Å²) in [5.74, 6) is 0. The molecule has 0 aliphatic heterocycles. The van der Waals surface area contributed by atoms with Crippen LogP contribution in [0, 0.1) is 0 Å². The van der Waals surface area contributed by atoms with Crippen LogP contribution in [0.2, 0.25) is 0 Å². The Morgan fingerprint density at radius 2 is 1.10 bits per heavy atom. The highest BCUT2D eigenvalue weighted by atomic mass is 79.9. The Morgan fingerprint density at radius 3 is 1.10 bits per heavy atom. The van der Waals surface area contributed by atoms with Gasteiger partial charge in [-0.2, -0.15) is 22.0 Å². The molecular weight excluding hydrogens is 246 g/mol. The van der Waals surface area contributed by atoms with E-state index in [0.717, 1.165) is 0 Å². The largest absolute Gasteiger partial charge is 0.448 e. The molecule has 0 bridgehead atoms. The van der Waals surface area contributed by atoms with E-state index in [4.69, 9.17) is 0 Å². The summed E-state index contributed by atoms with van der Waals surface area (Å²) in [5, 5.41) is -7.22. The second kappa shape index (κ2) is 4.33. The fourth-order valence-corrected chi connectivity index (χ4v) is 0. The molecule has 0 saturated carbocycles. The van der Waals surface area contributed by atoms with Crippen LogP contribution in [0.15, 0.2) is 0 Å². The Kier molecular flexibility index (Phi) is 5.65. The third-order valence-electron chi connectivity index (χ3n) is 0. The van der Waals surface area contributed by atoms with Gasteiger partial charge in [0, 0.05) is 22.9 Å². The lowest BCUT2D eigenvalue weighted by Gasteiger charge is -1.90. The highest BCUT2D eigenvalue weighted by Gasteiger charge is 2.19. The van der Waals surface area contributed by atoms with Gasteiger partial charge in [0.05, 0.1) is 0 Å². The number of halogens is 7. The summed E-state index contributed by atoms with van der Waals surface area (Å²) in [6.45, 7) is 0.620. The summed E-state index contributed by atoms with van der Waals surface area (Å²) in [7, 11) is 0. The van der Waals surface area contributed by atoms with Crippen LogP contribution in [0.4, 0.5) is 22.0 Å². The maximum absolute atomic E-state index is 10.8. The van der Waals surface area contributed by atoms with Crippen molar-refractivity contribution >= 4 is 27.5 Å². The molecule has 0 amide bonds. The van der Waals surface area contributed by atoms with Crippen molar-refractivity contribution in [2.75, 3.05) is 0 Å². The monoisotopic (exact) mass is 248 g/mol. The maximum Gasteiger partial charge on any atom is 0.448 e. The van der Waals surface area contributed by atoms with Crippen LogP contribution in [0.5, 0.6) is 0 Å². The van der Waals surface area contributed by atoms with Gasteiger partial charge >= 0.3 is 10.5 Å². The molecule has 0 aromatic heterocycles. The number of rotatable bonds is 0. The van der Waals surface area contributed by atoms with Gasteiger partial charge in [-0.25, -0.2) is 0 Å². The van der Waals surface area contributed by atoms with E-state index in [1.54, 1.807) is 0 Å². The second-order valence-corrected chi connectivity index (χ2v) is 2.77.